The van der Waals surface area contributed by atoms with Gasteiger partial charge in [0.05, 0.1) is 12.1 Å². The van der Waals surface area contributed by atoms with Crippen LogP contribution < -0.4 is 5.32 Å². The molecular weight excluding hydrogens is 256 g/mol. The summed E-state index contributed by atoms with van der Waals surface area (Å²) in [6, 6.07) is 0. The zero-order valence-electron chi connectivity index (χ0n) is 11.9. The maximum absolute atomic E-state index is 12.0. The monoisotopic (exact) mass is 276 g/mol. The minimum Gasteiger partial charge on any atom is -0.356 e. The summed E-state index contributed by atoms with van der Waals surface area (Å²) in [5.41, 5.74) is 0.325. The lowest BCUT2D eigenvalue weighted by molar-refractivity contribution is -0.129. The second-order valence-electron chi connectivity index (χ2n) is 5.47. The van der Waals surface area contributed by atoms with Crippen LogP contribution in [0.25, 0.3) is 0 Å². The first kappa shape index (κ1) is 14.4. The van der Waals surface area contributed by atoms with E-state index in [4.69, 9.17) is 0 Å². The van der Waals surface area contributed by atoms with Gasteiger partial charge in [-0.05, 0) is 12.3 Å². The molecule has 0 aliphatic carbocycles. The van der Waals surface area contributed by atoms with E-state index in [1.165, 1.54) is 18.6 Å². The third-order valence-corrected chi connectivity index (χ3v) is 3.34. The molecule has 6 nitrogen and oxygen atoms in total. The number of nitrogens with one attached hydrogen (secondary N) is 1. The summed E-state index contributed by atoms with van der Waals surface area (Å²) in [7, 11) is 0. The van der Waals surface area contributed by atoms with Gasteiger partial charge in [0.25, 0.3) is 5.91 Å². The van der Waals surface area contributed by atoms with Crippen LogP contribution >= 0.6 is 0 Å². The lowest BCUT2D eigenvalue weighted by atomic mass is 9.98. The Bertz CT molecular complexity index is 469. The molecule has 20 heavy (non-hydrogen) atoms. The third-order valence-electron chi connectivity index (χ3n) is 3.34. The molecule has 1 aliphatic rings. The lowest BCUT2D eigenvalue weighted by Gasteiger charge is -2.37. The van der Waals surface area contributed by atoms with Gasteiger partial charge < -0.3 is 10.2 Å². The molecule has 2 amide bonds. The minimum absolute atomic E-state index is 0.0360. The predicted octanol–water partition coefficient (Wildman–Crippen LogP) is 0.711. The number of amides is 2. The average molecular weight is 276 g/mol. The molecule has 0 saturated carbocycles. The molecule has 0 unspecified atom stereocenters. The zero-order chi connectivity index (χ0) is 14.5. The topological polar surface area (TPSA) is 75.2 Å². The van der Waals surface area contributed by atoms with Gasteiger partial charge in [0.2, 0.25) is 5.91 Å². The van der Waals surface area contributed by atoms with Gasteiger partial charge in [-0.15, -0.1) is 0 Å². The summed E-state index contributed by atoms with van der Waals surface area (Å²) in [6.45, 7) is 5.87. The van der Waals surface area contributed by atoms with E-state index in [9.17, 15) is 9.59 Å². The summed E-state index contributed by atoms with van der Waals surface area (Å²) in [6.07, 6.45) is 5.43. The van der Waals surface area contributed by atoms with Crippen molar-refractivity contribution in [2.45, 2.75) is 20.3 Å². The maximum atomic E-state index is 12.0. The van der Waals surface area contributed by atoms with Gasteiger partial charge in [0.15, 0.2) is 0 Å². The van der Waals surface area contributed by atoms with Gasteiger partial charge in [0, 0.05) is 32.0 Å². The van der Waals surface area contributed by atoms with E-state index in [0.717, 1.165) is 6.42 Å². The standard InChI is InChI=1S/C14H20N4O2/c1-10(2)3-4-17-13(19)11-8-18(9-11)14(20)12-7-15-5-6-16-12/h5-7,10-11H,3-4,8-9H2,1-2H3,(H,17,19). The average Bonchev–Trinajstić information content (AvgIpc) is 2.37. The van der Waals surface area contributed by atoms with Crippen LogP contribution in [0.15, 0.2) is 18.6 Å². The SMILES string of the molecule is CC(C)CCNC(=O)C1CN(C(=O)c2cnccn2)C1. The van der Waals surface area contributed by atoms with E-state index in [-0.39, 0.29) is 17.7 Å². The molecule has 0 spiro atoms. The fourth-order valence-electron chi connectivity index (χ4n) is 2.01. The lowest BCUT2D eigenvalue weighted by Crippen LogP contribution is -2.56. The number of hydrogen-bond acceptors (Lipinski definition) is 4. The van der Waals surface area contributed by atoms with Gasteiger partial charge in [-0.1, -0.05) is 13.8 Å². The molecular formula is C14H20N4O2. The molecule has 1 aromatic rings. The number of likely N-dealkylation sites (tertiary alicyclic amines) is 1. The van der Waals surface area contributed by atoms with Crippen LogP contribution in [0.5, 0.6) is 0 Å². The van der Waals surface area contributed by atoms with E-state index in [1.54, 1.807) is 4.90 Å². The normalized spacial score (nSPS) is 15.1. The smallest absolute Gasteiger partial charge is 0.274 e. The first-order valence-corrected chi connectivity index (χ1v) is 6.91. The van der Waals surface area contributed by atoms with Crippen LogP contribution in [-0.2, 0) is 4.79 Å². The first-order valence-electron chi connectivity index (χ1n) is 6.91. The minimum atomic E-state index is -0.163. The van der Waals surface area contributed by atoms with Gasteiger partial charge in [-0.3, -0.25) is 14.6 Å². The molecule has 1 N–H and O–H groups in total. The second-order valence-corrected chi connectivity index (χ2v) is 5.47. The van der Waals surface area contributed by atoms with Crippen molar-refractivity contribution >= 4 is 11.8 Å². The Kier molecular flexibility index (Phi) is 4.65. The highest BCUT2D eigenvalue weighted by Crippen LogP contribution is 2.17. The summed E-state index contributed by atoms with van der Waals surface area (Å²) in [4.78, 5) is 33.3. The molecule has 1 aromatic heterocycles. The highest BCUT2D eigenvalue weighted by molar-refractivity contribution is 5.94. The van der Waals surface area contributed by atoms with Crippen LogP contribution in [0.3, 0.4) is 0 Å². The summed E-state index contributed by atoms with van der Waals surface area (Å²) in [5.74, 6) is 0.354. The first-order chi connectivity index (χ1) is 9.58. The summed E-state index contributed by atoms with van der Waals surface area (Å²) in [5, 5.41) is 2.91. The van der Waals surface area contributed by atoms with Gasteiger partial charge in [-0.25, -0.2) is 4.98 Å². The number of hydrogen-bond donors (Lipinski definition) is 1. The largest absolute Gasteiger partial charge is 0.356 e. The number of carbonyl (C=O) groups excluding carboxylic acids is 2. The third kappa shape index (κ3) is 3.53. The molecule has 2 rings (SSSR count). The van der Waals surface area contributed by atoms with Gasteiger partial charge in [-0.2, -0.15) is 0 Å². The number of nitrogens with zero attached hydrogens (tertiary/aromatic N) is 3. The van der Waals surface area contributed by atoms with Crippen molar-refractivity contribution in [3.05, 3.63) is 24.3 Å². The van der Waals surface area contributed by atoms with Crippen molar-refractivity contribution in [2.24, 2.45) is 11.8 Å². The molecule has 1 aliphatic heterocycles. The Balaban J connectivity index is 1.74. The maximum Gasteiger partial charge on any atom is 0.274 e. The van der Waals surface area contributed by atoms with Crippen molar-refractivity contribution in [1.29, 1.82) is 0 Å². The summed E-state index contributed by atoms with van der Waals surface area (Å²) >= 11 is 0. The predicted molar refractivity (Wildman–Crippen MR) is 73.9 cm³/mol. The van der Waals surface area contributed by atoms with E-state index in [0.29, 0.717) is 31.2 Å². The van der Waals surface area contributed by atoms with Crippen LogP contribution in [0.1, 0.15) is 30.8 Å². The fourth-order valence-corrected chi connectivity index (χ4v) is 2.01. The molecule has 0 bridgehead atoms. The molecule has 0 radical (unpaired) electrons. The van der Waals surface area contributed by atoms with E-state index < -0.39 is 0 Å². The van der Waals surface area contributed by atoms with Crippen molar-refractivity contribution in [3.63, 3.8) is 0 Å². The highest BCUT2D eigenvalue weighted by Gasteiger charge is 2.36. The van der Waals surface area contributed by atoms with Crippen LogP contribution in [-0.4, -0.2) is 46.3 Å². The van der Waals surface area contributed by atoms with E-state index in [2.05, 4.69) is 29.1 Å². The molecule has 108 valence electrons. The summed E-state index contributed by atoms with van der Waals surface area (Å²) < 4.78 is 0. The van der Waals surface area contributed by atoms with Gasteiger partial charge >= 0.3 is 0 Å². The quantitative estimate of drug-likeness (QED) is 0.859. The molecule has 6 heteroatoms. The Morgan fingerprint density at radius 3 is 2.75 bits per heavy atom. The Hall–Kier alpha value is -1.98. The second kappa shape index (κ2) is 6.45. The number of aromatic nitrogens is 2. The molecule has 0 atom stereocenters. The van der Waals surface area contributed by atoms with E-state index >= 15 is 0 Å². The van der Waals surface area contributed by atoms with Crippen molar-refractivity contribution in [3.8, 4) is 0 Å². The van der Waals surface area contributed by atoms with Gasteiger partial charge in [0.1, 0.15) is 5.69 Å². The Morgan fingerprint density at radius 1 is 1.40 bits per heavy atom. The van der Waals surface area contributed by atoms with Crippen molar-refractivity contribution in [2.75, 3.05) is 19.6 Å². The molecule has 0 aromatic carbocycles. The van der Waals surface area contributed by atoms with Crippen LogP contribution in [0, 0.1) is 11.8 Å². The number of rotatable bonds is 5. The number of carbonyl (C=O) groups is 2. The highest BCUT2D eigenvalue weighted by atomic mass is 16.2. The zero-order valence-corrected chi connectivity index (χ0v) is 11.9. The van der Waals surface area contributed by atoms with Crippen molar-refractivity contribution in [1.82, 2.24) is 20.2 Å². The Labute approximate surface area is 118 Å². The molecule has 1 fully saturated rings. The molecule has 2 heterocycles. The fraction of sp³-hybridized carbons (Fsp3) is 0.571. The van der Waals surface area contributed by atoms with Crippen LogP contribution in [0.2, 0.25) is 0 Å². The van der Waals surface area contributed by atoms with E-state index in [1.807, 2.05) is 0 Å². The molecule has 1 saturated heterocycles. The van der Waals surface area contributed by atoms with Crippen molar-refractivity contribution < 1.29 is 9.59 Å². The Morgan fingerprint density at radius 2 is 2.15 bits per heavy atom. The van der Waals surface area contributed by atoms with Crippen LogP contribution in [0.4, 0.5) is 0 Å².